The van der Waals surface area contributed by atoms with Crippen LogP contribution in [0.1, 0.15) is 41.4 Å². The molecule has 2 heterocycles. The van der Waals surface area contributed by atoms with Crippen LogP contribution >= 0.6 is 11.3 Å². The summed E-state index contributed by atoms with van der Waals surface area (Å²) in [6, 6.07) is 2.46. The summed E-state index contributed by atoms with van der Waals surface area (Å²) in [5.41, 5.74) is 5.86. The molecule has 0 aromatic carbocycles. The van der Waals surface area contributed by atoms with Crippen LogP contribution in [-0.4, -0.2) is 36.5 Å². The summed E-state index contributed by atoms with van der Waals surface area (Å²) in [4.78, 5) is 14.7. The molecule has 1 aliphatic rings. The lowest BCUT2D eigenvalue weighted by molar-refractivity contribution is 0.100. The average molecular weight is 281 g/mol. The molecule has 0 saturated carbocycles. The molecular weight excluding hydrogens is 258 g/mol. The molecule has 0 spiro atoms. The number of piperidine rings is 1. The maximum Gasteiger partial charge on any atom is 0.249 e. The van der Waals surface area contributed by atoms with E-state index in [4.69, 9.17) is 5.73 Å². The van der Waals surface area contributed by atoms with Gasteiger partial charge >= 0.3 is 0 Å². The topological polar surface area (TPSA) is 58.4 Å². The van der Waals surface area contributed by atoms with Crippen LogP contribution in [0.4, 0.5) is 0 Å². The van der Waals surface area contributed by atoms with E-state index in [0.29, 0.717) is 11.6 Å². The Morgan fingerprint density at radius 2 is 2.21 bits per heavy atom. The number of primary amides is 1. The first-order valence-corrected chi connectivity index (χ1v) is 7.87. The molecule has 5 heteroatoms. The van der Waals surface area contributed by atoms with E-state index < -0.39 is 0 Å². The van der Waals surface area contributed by atoms with Crippen molar-refractivity contribution in [2.75, 3.05) is 19.6 Å². The molecule has 1 amide bonds. The Bertz CT molecular complexity index is 413. The van der Waals surface area contributed by atoms with Gasteiger partial charge in [0.05, 0.1) is 5.56 Å². The summed E-state index contributed by atoms with van der Waals surface area (Å²) in [7, 11) is 0. The molecule has 4 nitrogen and oxygen atoms in total. The van der Waals surface area contributed by atoms with Gasteiger partial charge in [-0.1, -0.05) is 6.42 Å². The van der Waals surface area contributed by atoms with Crippen molar-refractivity contribution in [3.05, 3.63) is 21.9 Å². The SMILES string of the molecule is CC(CNCc1cc(C(N)=O)cs1)N1CCCCC1. The number of nitrogens with two attached hydrogens (primary N) is 1. The van der Waals surface area contributed by atoms with Gasteiger partial charge in [-0.3, -0.25) is 9.69 Å². The zero-order chi connectivity index (χ0) is 13.7. The molecule has 1 aromatic heterocycles. The van der Waals surface area contributed by atoms with Gasteiger partial charge in [-0.15, -0.1) is 11.3 Å². The molecule has 1 fully saturated rings. The first-order valence-electron chi connectivity index (χ1n) is 6.99. The molecule has 0 aliphatic carbocycles. The van der Waals surface area contributed by atoms with E-state index in [1.165, 1.54) is 37.2 Å². The second-order valence-corrected chi connectivity index (χ2v) is 6.24. The summed E-state index contributed by atoms with van der Waals surface area (Å²) >= 11 is 1.59. The standard InChI is InChI=1S/C14H23N3OS/c1-11(17-5-3-2-4-6-17)8-16-9-13-7-12(10-19-13)14(15)18/h7,10-11,16H,2-6,8-9H2,1H3,(H2,15,18). The predicted molar refractivity (Wildman–Crippen MR) is 79.4 cm³/mol. The third-order valence-corrected chi connectivity index (χ3v) is 4.63. The van der Waals surface area contributed by atoms with Crippen LogP contribution in [0.15, 0.2) is 11.4 Å². The third kappa shape index (κ3) is 4.30. The van der Waals surface area contributed by atoms with Gasteiger partial charge in [-0.2, -0.15) is 0 Å². The molecule has 1 saturated heterocycles. The number of nitrogens with one attached hydrogen (secondary N) is 1. The Morgan fingerprint density at radius 3 is 2.84 bits per heavy atom. The Kier molecular flexibility index (Phi) is 5.36. The first kappa shape index (κ1) is 14.5. The van der Waals surface area contributed by atoms with Gasteiger partial charge in [-0.05, 0) is 38.9 Å². The lowest BCUT2D eigenvalue weighted by Gasteiger charge is -2.32. The fourth-order valence-electron chi connectivity index (χ4n) is 2.50. The number of amides is 1. The number of carbonyl (C=O) groups is 1. The minimum atomic E-state index is -0.343. The Labute approximate surface area is 119 Å². The molecule has 0 bridgehead atoms. The minimum Gasteiger partial charge on any atom is -0.366 e. The van der Waals surface area contributed by atoms with Crippen molar-refractivity contribution in [3.63, 3.8) is 0 Å². The van der Waals surface area contributed by atoms with E-state index in [0.717, 1.165) is 13.1 Å². The van der Waals surface area contributed by atoms with Crippen LogP contribution in [0, 0.1) is 0 Å². The Morgan fingerprint density at radius 1 is 1.47 bits per heavy atom. The van der Waals surface area contributed by atoms with Gasteiger partial charge in [0.1, 0.15) is 0 Å². The Balaban J connectivity index is 1.71. The van der Waals surface area contributed by atoms with E-state index in [9.17, 15) is 4.79 Å². The summed E-state index contributed by atoms with van der Waals surface area (Å²) < 4.78 is 0. The minimum absolute atomic E-state index is 0.343. The van der Waals surface area contributed by atoms with Crippen molar-refractivity contribution in [2.24, 2.45) is 5.73 Å². The maximum absolute atomic E-state index is 11.0. The number of likely N-dealkylation sites (tertiary alicyclic amines) is 1. The Hall–Kier alpha value is -0.910. The number of rotatable bonds is 6. The molecule has 2 rings (SSSR count). The van der Waals surface area contributed by atoms with Crippen molar-refractivity contribution in [3.8, 4) is 0 Å². The second kappa shape index (κ2) is 7.03. The van der Waals surface area contributed by atoms with Crippen LogP contribution in [-0.2, 0) is 6.54 Å². The predicted octanol–water partition coefficient (Wildman–Crippen LogP) is 1.81. The van der Waals surface area contributed by atoms with E-state index in [1.807, 2.05) is 11.4 Å². The van der Waals surface area contributed by atoms with E-state index in [2.05, 4.69) is 17.1 Å². The first-order chi connectivity index (χ1) is 9.16. The normalized spacial score (nSPS) is 18.4. The van der Waals surface area contributed by atoms with Crippen molar-refractivity contribution in [2.45, 2.75) is 38.8 Å². The fourth-order valence-corrected chi connectivity index (χ4v) is 3.34. The fraction of sp³-hybridized carbons (Fsp3) is 0.643. The maximum atomic E-state index is 11.0. The highest BCUT2D eigenvalue weighted by molar-refractivity contribution is 7.10. The van der Waals surface area contributed by atoms with Crippen LogP contribution < -0.4 is 11.1 Å². The van der Waals surface area contributed by atoms with Gasteiger partial charge in [0, 0.05) is 29.4 Å². The van der Waals surface area contributed by atoms with Crippen molar-refractivity contribution in [1.29, 1.82) is 0 Å². The molecule has 19 heavy (non-hydrogen) atoms. The lowest BCUT2D eigenvalue weighted by Crippen LogP contribution is -2.42. The van der Waals surface area contributed by atoms with Crippen molar-refractivity contribution in [1.82, 2.24) is 10.2 Å². The third-order valence-electron chi connectivity index (χ3n) is 3.69. The molecule has 1 aromatic rings. The van der Waals surface area contributed by atoms with Crippen LogP contribution in [0.2, 0.25) is 0 Å². The molecule has 1 unspecified atom stereocenters. The highest BCUT2D eigenvalue weighted by atomic mass is 32.1. The zero-order valence-corrected chi connectivity index (χ0v) is 12.3. The van der Waals surface area contributed by atoms with E-state index >= 15 is 0 Å². The lowest BCUT2D eigenvalue weighted by atomic mass is 10.1. The van der Waals surface area contributed by atoms with Crippen LogP contribution in [0.25, 0.3) is 0 Å². The monoisotopic (exact) mass is 281 g/mol. The molecule has 106 valence electrons. The number of hydrogen-bond acceptors (Lipinski definition) is 4. The zero-order valence-electron chi connectivity index (χ0n) is 11.5. The van der Waals surface area contributed by atoms with Crippen LogP contribution in [0.3, 0.4) is 0 Å². The van der Waals surface area contributed by atoms with Gasteiger partial charge in [-0.25, -0.2) is 0 Å². The van der Waals surface area contributed by atoms with E-state index in [1.54, 1.807) is 11.3 Å². The highest BCUT2D eigenvalue weighted by Crippen LogP contribution is 2.14. The number of thiophene rings is 1. The van der Waals surface area contributed by atoms with Gasteiger partial charge < -0.3 is 11.1 Å². The molecule has 1 atom stereocenters. The largest absolute Gasteiger partial charge is 0.366 e. The molecule has 0 radical (unpaired) electrons. The van der Waals surface area contributed by atoms with Gasteiger partial charge in [0.25, 0.3) is 0 Å². The smallest absolute Gasteiger partial charge is 0.249 e. The van der Waals surface area contributed by atoms with Crippen molar-refractivity contribution >= 4 is 17.2 Å². The quantitative estimate of drug-likeness (QED) is 0.836. The number of carbonyl (C=O) groups excluding carboxylic acids is 1. The van der Waals surface area contributed by atoms with Crippen LogP contribution in [0.5, 0.6) is 0 Å². The van der Waals surface area contributed by atoms with Crippen molar-refractivity contribution < 1.29 is 4.79 Å². The summed E-state index contributed by atoms with van der Waals surface area (Å²) in [5, 5.41) is 5.29. The average Bonchev–Trinajstić information content (AvgIpc) is 2.89. The molecule has 1 aliphatic heterocycles. The highest BCUT2D eigenvalue weighted by Gasteiger charge is 2.16. The van der Waals surface area contributed by atoms with Gasteiger partial charge in [0.15, 0.2) is 0 Å². The van der Waals surface area contributed by atoms with E-state index in [-0.39, 0.29) is 5.91 Å². The molecule has 3 N–H and O–H groups in total. The number of nitrogens with zero attached hydrogens (tertiary/aromatic N) is 1. The van der Waals surface area contributed by atoms with Gasteiger partial charge in [0.2, 0.25) is 5.91 Å². The summed E-state index contributed by atoms with van der Waals surface area (Å²) in [6.45, 7) is 6.54. The summed E-state index contributed by atoms with van der Waals surface area (Å²) in [6.07, 6.45) is 4.04. The molecular formula is C14H23N3OS. The second-order valence-electron chi connectivity index (χ2n) is 5.24. The number of hydrogen-bond donors (Lipinski definition) is 2. The summed E-state index contributed by atoms with van der Waals surface area (Å²) in [5.74, 6) is -0.343.